The van der Waals surface area contributed by atoms with Crippen molar-refractivity contribution in [1.29, 1.82) is 0 Å². The monoisotopic (exact) mass is 242 g/mol. The molecule has 0 spiro atoms. The average Bonchev–Trinajstić information content (AvgIpc) is 2.87. The van der Waals surface area contributed by atoms with Gasteiger partial charge in [-0.1, -0.05) is 25.6 Å². The summed E-state index contributed by atoms with van der Waals surface area (Å²) in [6.45, 7) is 6.37. The van der Waals surface area contributed by atoms with Crippen molar-refractivity contribution in [2.75, 3.05) is 18.9 Å². The Bertz CT molecular complexity index is 249. The molecule has 0 amide bonds. The highest BCUT2D eigenvalue weighted by Crippen LogP contribution is 2.20. The fourth-order valence-electron chi connectivity index (χ4n) is 2.04. The summed E-state index contributed by atoms with van der Waals surface area (Å²) in [5.74, 6) is 1.86. The van der Waals surface area contributed by atoms with E-state index in [1.807, 2.05) is 11.8 Å². The normalized spacial score (nSPS) is 32.6. The maximum atomic E-state index is 5.58. The molecule has 2 aliphatic rings. The van der Waals surface area contributed by atoms with Gasteiger partial charge in [0, 0.05) is 24.9 Å². The zero-order valence-corrected chi connectivity index (χ0v) is 11.1. The highest BCUT2D eigenvalue weighted by molar-refractivity contribution is 8.14. The molecule has 0 radical (unpaired) electrons. The first kappa shape index (κ1) is 12.2. The summed E-state index contributed by atoms with van der Waals surface area (Å²) in [6.07, 6.45) is 4.00. The molecule has 2 saturated heterocycles. The molecule has 0 aromatic heterocycles. The molecule has 0 aliphatic carbocycles. The molecule has 0 bridgehead atoms. The van der Waals surface area contributed by atoms with Crippen molar-refractivity contribution >= 4 is 16.9 Å². The largest absolute Gasteiger partial charge is 0.378 e. The van der Waals surface area contributed by atoms with E-state index in [-0.39, 0.29) is 0 Å². The van der Waals surface area contributed by atoms with Gasteiger partial charge in [-0.2, -0.15) is 0 Å². The number of hydrogen-bond donors (Lipinski definition) is 1. The van der Waals surface area contributed by atoms with Crippen molar-refractivity contribution in [3.63, 3.8) is 0 Å². The molecule has 4 heteroatoms. The number of ether oxygens (including phenoxy) is 1. The molecule has 1 unspecified atom stereocenters. The van der Waals surface area contributed by atoms with E-state index in [0.717, 1.165) is 30.5 Å². The molecule has 0 aromatic rings. The summed E-state index contributed by atoms with van der Waals surface area (Å²) in [7, 11) is 0. The second-order valence-electron chi connectivity index (χ2n) is 4.92. The minimum absolute atomic E-state index is 0.469. The molecule has 2 fully saturated rings. The molecule has 1 N–H and O–H groups in total. The predicted octanol–water partition coefficient (Wildman–Crippen LogP) is 2.27. The first-order chi connectivity index (χ1) is 7.75. The third kappa shape index (κ3) is 3.39. The van der Waals surface area contributed by atoms with Gasteiger partial charge in [0.2, 0.25) is 0 Å². The van der Waals surface area contributed by atoms with Crippen LogP contribution in [0.5, 0.6) is 0 Å². The summed E-state index contributed by atoms with van der Waals surface area (Å²) in [5, 5.41) is 4.62. The Balaban J connectivity index is 1.68. The molecular weight excluding hydrogens is 220 g/mol. The Kier molecular flexibility index (Phi) is 4.53. The first-order valence-electron chi connectivity index (χ1n) is 6.31. The van der Waals surface area contributed by atoms with Gasteiger partial charge < -0.3 is 10.1 Å². The van der Waals surface area contributed by atoms with Gasteiger partial charge in [-0.05, 0) is 25.2 Å². The van der Waals surface area contributed by atoms with Gasteiger partial charge in [0.25, 0.3) is 0 Å². The lowest BCUT2D eigenvalue weighted by molar-refractivity contribution is 0.106. The van der Waals surface area contributed by atoms with Gasteiger partial charge in [0.1, 0.15) is 0 Å². The molecule has 2 atom stereocenters. The van der Waals surface area contributed by atoms with Crippen molar-refractivity contribution in [3.8, 4) is 0 Å². The van der Waals surface area contributed by atoms with Crippen LogP contribution in [0.3, 0.4) is 0 Å². The topological polar surface area (TPSA) is 33.6 Å². The number of nitrogens with zero attached hydrogens (tertiary/aromatic N) is 1. The lowest BCUT2D eigenvalue weighted by Crippen LogP contribution is -2.31. The molecular formula is C12H22N2OS. The van der Waals surface area contributed by atoms with E-state index in [0.29, 0.717) is 18.1 Å². The highest BCUT2D eigenvalue weighted by atomic mass is 32.2. The Labute approximate surface area is 102 Å². The predicted molar refractivity (Wildman–Crippen MR) is 70.1 cm³/mol. The quantitative estimate of drug-likeness (QED) is 0.821. The molecule has 2 aliphatic heterocycles. The second-order valence-corrected chi connectivity index (χ2v) is 5.93. The minimum Gasteiger partial charge on any atom is -0.378 e. The van der Waals surface area contributed by atoms with Crippen LogP contribution in [0.15, 0.2) is 4.99 Å². The molecule has 92 valence electrons. The standard InChI is InChI=1S/C12H22N2OS/c1-9(2)11-8-16-12(14-11)13-6-5-10-4-3-7-15-10/h9-11H,3-8H2,1-2H3,(H,13,14)/t10?,11-/m1/s1. The average molecular weight is 242 g/mol. The summed E-state index contributed by atoms with van der Waals surface area (Å²) < 4.78 is 5.58. The maximum Gasteiger partial charge on any atom is 0.156 e. The van der Waals surface area contributed by atoms with Crippen molar-refractivity contribution in [1.82, 2.24) is 5.32 Å². The Morgan fingerprint density at radius 3 is 3.06 bits per heavy atom. The maximum absolute atomic E-state index is 5.58. The van der Waals surface area contributed by atoms with Crippen LogP contribution in [-0.4, -0.2) is 36.2 Å². The van der Waals surface area contributed by atoms with E-state index in [9.17, 15) is 0 Å². The number of nitrogens with one attached hydrogen (secondary N) is 1. The zero-order valence-electron chi connectivity index (χ0n) is 10.2. The van der Waals surface area contributed by atoms with E-state index in [1.54, 1.807) is 0 Å². The zero-order chi connectivity index (χ0) is 11.4. The van der Waals surface area contributed by atoms with Gasteiger partial charge in [0.15, 0.2) is 5.17 Å². The van der Waals surface area contributed by atoms with E-state index < -0.39 is 0 Å². The highest BCUT2D eigenvalue weighted by Gasteiger charge is 2.22. The van der Waals surface area contributed by atoms with Crippen LogP contribution in [0.4, 0.5) is 0 Å². The van der Waals surface area contributed by atoms with Crippen molar-refractivity contribution in [2.24, 2.45) is 10.9 Å². The van der Waals surface area contributed by atoms with Crippen LogP contribution in [0.25, 0.3) is 0 Å². The number of amidine groups is 1. The van der Waals surface area contributed by atoms with Gasteiger partial charge in [-0.25, -0.2) is 0 Å². The van der Waals surface area contributed by atoms with Gasteiger partial charge in [-0.15, -0.1) is 0 Å². The molecule has 16 heavy (non-hydrogen) atoms. The smallest absolute Gasteiger partial charge is 0.156 e. The van der Waals surface area contributed by atoms with Crippen molar-refractivity contribution < 1.29 is 4.74 Å². The van der Waals surface area contributed by atoms with Gasteiger partial charge >= 0.3 is 0 Å². The minimum atomic E-state index is 0.469. The van der Waals surface area contributed by atoms with Crippen LogP contribution in [-0.2, 0) is 4.74 Å². The number of aliphatic imine (C=N–C) groups is 1. The third-order valence-corrected chi connectivity index (χ3v) is 4.29. The number of hydrogen-bond acceptors (Lipinski definition) is 3. The summed E-state index contributed by atoms with van der Waals surface area (Å²) >= 11 is 1.86. The second kappa shape index (κ2) is 5.92. The van der Waals surface area contributed by atoms with Crippen LogP contribution < -0.4 is 5.32 Å². The lowest BCUT2D eigenvalue weighted by Gasteiger charge is -2.13. The fraction of sp³-hybridized carbons (Fsp3) is 0.917. The lowest BCUT2D eigenvalue weighted by atomic mass is 10.1. The molecule has 0 saturated carbocycles. The molecule has 2 heterocycles. The van der Waals surface area contributed by atoms with E-state index in [4.69, 9.17) is 4.74 Å². The van der Waals surface area contributed by atoms with E-state index >= 15 is 0 Å². The van der Waals surface area contributed by atoms with Crippen LogP contribution >= 0.6 is 11.8 Å². The Hall–Kier alpha value is -0.220. The van der Waals surface area contributed by atoms with Crippen LogP contribution in [0, 0.1) is 5.92 Å². The van der Waals surface area contributed by atoms with Crippen LogP contribution in [0.2, 0.25) is 0 Å². The first-order valence-corrected chi connectivity index (χ1v) is 7.29. The Morgan fingerprint density at radius 2 is 2.44 bits per heavy atom. The van der Waals surface area contributed by atoms with Gasteiger partial charge in [-0.3, -0.25) is 4.99 Å². The van der Waals surface area contributed by atoms with Crippen LogP contribution in [0.1, 0.15) is 33.1 Å². The molecule has 3 nitrogen and oxygen atoms in total. The molecule has 2 rings (SSSR count). The van der Waals surface area contributed by atoms with Crippen molar-refractivity contribution in [3.05, 3.63) is 0 Å². The fourth-order valence-corrected chi connectivity index (χ4v) is 3.27. The SMILES string of the molecule is CC(C)[C@H]1CSC(=NCCC2CCCO2)N1. The van der Waals surface area contributed by atoms with Gasteiger partial charge in [0.05, 0.1) is 6.10 Å². The number of rotatable bonds is 4. The third-order valence-electron chi connectivity index (χ3n) is 3.24. The van der Waals surface area contributed by atoms with E-state index in [1.165, 1.54) is 12.8 Å². The Morgan fingerprint density at radius 1 is 1.56 bits per heavy atom. The number of thioether (sulfide) groups is 1. The molecule has 0 aromatic carbocycles. The van der Waals surface area contributed by atoms with Crippen molar-refractivity contribution in [2.45, 2.75) is 45.3 Å². The van der Waals surface area contributed by atoms with E-state index in [2.05, 4.69) is 24.2 Å². The summed E-state index contributed by atoms with van der Waals surface area (Å²) in [5.41, 5.74) is 0. The summed E-state index contributed by atoms with van der Waals surface area (Å²) in [6, 6.07) is 0.603. The summed E-state index contributed by atoms with van der Waals surface area (Å²) in [4.78, 5) is 4.61.